The summed E-state index contributed by atoms with van der Waals surface area (Å²) >= 11 is 0. The fourth-order valence-corrected chi connectivity index (χ4v) is 4.14. The van der Waals surface area contributed by atoms with Crippen LogP contribution in [0.2, 0.25) is 0 Å². The fraction of sp³-hybridized carbons (Fsp3) is 0.947. The molecule has 2 aliphatic carbocycles. The molecule has 0 aromatic rings. The van der Waals surface area contributed by atoms with E-state index in [4.69, 9.17) is 4.74 Å². The van der Waals surface area contributed by atoms with Crippen molar-refractivity contribution >= 4 is 6.09 Å². The largest absolute Gasteiger partial charge is 0.444 e. The summed E-state index contributed by atoms with van der Waals surface area (Å²) in [5.74, 6) is 0. The lowest BCUT2D eigenvalue weighted by atomic mass is 9.71. The number of amides is 1. The molecule has 0 saturated heterocycles. The third-order valence-electron chi connectivity index (χ3n) is 5.58. The van der Waals surface area contributed by atoms with Crippen LogP contribution in [-0.4, -0.2) is 30.3 Å². The fourth-order valence-electron chi connectivity index (χ4n) is 4.14. The summed E-state index contributed by atoms with van der Waals surface area (Å²) in [4.78, 5) is 11.9. The van der Waals surface area contributed by atoms with Gasteiger partial charge in [-0.1, -0.05) is 19.8 Å². The number of ether oxygens (including phenoxy) is 1. The highest BCUT2D eigenvalue weighted by Crippen LogP contribution is 2.48. The number of carbonyl (C=O) groups is 1. The Morgan fingerprint density at radius 1 is 1.17 bits per heavy atom. The number of hydrogen-bond donors (Lipinski definition) is 2. The molecule has 1 amide bonds. The Balaban J connectivity index is 1.68. The minimum absolute atomic E-state index is 0.146. The number of nitrogens with one attached hydrogen (secondary N) is 2. The van der Waals surface area contributed by atoms with Gasteiger partial charge in [0.15, 0.2) is 0 Å². The lowest BCUT2D eigenvalue weighted by Gasteiger charge is -2.38. The first kappa shape index (κ1) is 18.6. The van der Waals surface area contributed by atoms with E-state index >= 15 is 0 Å². The molecular weight excluding hydrogens is 288 g/mol. The first-order chi connectivity index (χ1) is 10.8. The highest BCUT2D eigenvalue weighted by molar-refractivity contribution is 5.68. The second kappa shape index (κ2) is 7.87. The highest BCUT2D eigenvalue weighted by atomic mass is 16.6. The van der Waals surface area contributed by atoms with E-state index in [1.54, 1.807) is 0 Å². The second-order valence-electron chi connectivity index (χ2n) is 8.64. The average molecular weight is 325 g/mol. The average Bonchev–Trinajstić information content (AvgIpc) is 2.91. The van der Waals surface area contributed by atoms with Gasteiger partial charge in [-0.15, -0.1) is 0 Å². The van der Waals surface area contributed by atoms with Crippen LogP contribution in [0.4, 0.5) is 4.79 Å². The SMILES string of the molecule is CCC(CNC1CCC2(CCCC2)CC1)NC(=O)OC(C)(C)C. The Morgan fingerprint density at radius 2 is 1.78 bits per heavy atom. The van der Waals surface area contributed by atoms with Gasteiger partial charge in [0.2, 0.25) is 0 Å². The zero-order valence-corrected chi connectivity index (χ0v) is 15.5. The topological polar surface area (TPSA) is 50.4 Å². The molecule has 1 spiro atoms. The van der Waals surface area contributed by atoms with Crippen LogP contribution in [0, 0.1) is 5.41 Å². The molecule has 134 valence electrons. The molecule has 0 aliphatic heterocycles. The molecule has 0 aromatic heterocycles. The third kappa shape index (κ3) is 5.98. The van der Waals surface area contributed by atoms with E-state index in [2.05, 4.69) is 17.6 Å². The van der Waals surface area contributed by atoms with Crippen molar-refractivity contribution in [2.75, 3.05) is 6.54 Å². The van der Waals surface area contributed by atoms with Gasteiger partial charge in [-0.3, -0.25) is 0 Å². The van der Waals surface area contributed by atoms with Crippen molar-refractivity contribution in [2.24, 2.45) is 5.41 Å². The first-order valence-corrected chi connectivity index (χ1v) is 9.55. The molecule has 0 heterocycles. The van der Waals surface area contributed by atoms with E-state index in [0.717, 1.165) is 13.0 Å². The number of hydrogen-bond acceptors (Lipinski definition) is 3. The normalized spacial score (nSPS) is 23.0. The zero-order chi connectivity index (χ0) is 16.9. The summed E-state index contributed by atoms with van der Waals surface area (Å²) in [6.45, 7) is 8.64. The Bertz CT molecular complexity index is 373. The number of carbonyl (C=O) groups excluding carboxylic acids is 1. The second-order valence-corrected chi connectivity index (χ2v) is 8.64. The van der Waals surface area contributed by atoms with E-state index in [9.17, 15) is 4.79 Å². The molecule has 1 atom stereocenters. The minimum Gasteiger partial charge on any atom is -0.444 e. The van der Waals surface area contributed by atoms with E-state index < -0.39 is 5.60 Å². The summed E-state index contributed by atoms with van der Waals surface area (Å²) in [6.07, 6.45) is 11.8. The van der Waals surface area contributed by atoms with E-state index in [1.807, 2.05) is 20.8 Å². The van der Waals surface area contributed by atoms with Gasteiger partial charge in [-0.05, 0) is 71.1 Å². The van der Waals surface area contributed by atoms with Crippen LogP contribution in [0.25, 0.3) is 0 Å². The predicted octanol–water partition coefficient (Wildman–Crippen LogP) is 4.38. The molecular formula is C19H36N2O2. The van der Waals surface area contributed by atoms with Crippen molar-refractivity contribution in [3.8, 4) is 0 Å². The Morgan fingerprint density at radius 3 is 2.30 bits per heavy atom. The van der Waals surface area contributed by atoms with Gasteiger partial charge in [-0.2, -0.15) is 0 Å². The molecule has 2 N–H and O–H groups in total. The third-order valence-corrected chi connectivity index (χ3v) is 5.58. The van der Waals surface area contributed by atoms with Crippen LogP contribution in [0.1, 0.15) is 85.5 Å². The van der Waals surface area contributed by atoms with Gasteiger partial charge in [-0.25, -0.2) is 4.79 Å². The maximum atomic E-state index is 11.9. The van der Waals surface area contributed by atoms with Gasteiger partial charge < -0.3 is 15.4 Å². The highest BCUT2D eigenvalue weighted by Gasteiger charge is 2.37. The molecule has 2 fully saturated rings. The van der Waals surface area contributed by atoms with Crippen LogP contribution >= 0.6 is 0 Å². The first-order valence-electron chi connectivity index (χ1n) is 9.55. The molecule has 23 heavy (non-hydrogen) atoms. The molecule has 2 saturated carbocycles. The van der Waals surface area contributed by atoms with E-state index in [0.29, 0.717) is 11.5 Å². The molecule has 0 bridgehead atoms. The summed E-state index contributed by atoms with van der Waals surface area (Å²) in [7, 11) is 0. The van der Waals surface area contributed by atoms with Crippen LogP contribution in [0.15, 0.2) is 0 Å². The molecule has 2 aliphatic rings. The van der Waals surface area contributed by atoms with Gasteiger partial charge in [0.1, 0.15) is 5.60 Å². The van der Waals surface area contributed by atoms with Crippen LogP contribution in [0.5, 0.6) is 0 Å². The van der Waals surface area contributed by atoms with Crippen LogP contribution in [-0.2, 0) is 4.74 Å². The lowest BCUT2D eigenvalue weighted by molar-refractivity contribution is 0.0500. The minimum atomic E-state index is -0.436. The quantitative estimate of drug-likeness (QED) is 0.789. The Labute approximate surface area is 142 Å². The number of rotatable bonds is 5. The van der Waals surface area contributed by atoms with Gasteiger partial charge >= 0.3 is 6.09 Å². The van der Waals surface area contributed by atoms with E-state index in [-0.39, 0.29) is 12.1 Å². The lowest BCUT2D eigenvalue weighted by Crippen LogP contribution is -2.47. The molecule has 0 aromatic carbocycles. The van der Waals surface area contributed by atoms with Crippen molar-refractivity contribution < 1.29 is 9.53 Å². The Hall–Kier alpha value is -0.770. The van der Waals surface area contributed by atoms with Crippen molar-refractivity contribution in [1.29, 1.82) is 0 Å². The smallest absolute Gasteiger partial charge is 0.407 e. The van der Waals surface area contributed by atoms with Crippen molar-refractivity contribution in [2.45, 2.75) is 103 Å². The van der Waals surface area contributed by atoms with Crippen LogP contribution < -0.4 is 10.6 Å². The maximum Gasteiger partial charge on any atom is 0.407 e. The summed E-state index contributed by atoms with van der Waals surface area (Å²) in [5, 5.41) is 6.66. The monoisotopic (exact) mass is 324 g/mol. The zero-order valence-electron chi connectivity index (χ0n) is 15.5. The molecule has 0 radical (unpaired) electrons. The van der Waals surface area contributed by atoms with Crippen molar-refractivity contribution in [3.63, 3.8) is 0 Å². The summed E-state index contributed by atoms with van der Waals surface area (Å²) in [6, 6.07) is 0.767. The molecule has 4 nitrogen and oxygen atoms in total. The standard InChI is InChI=1S/C19H36N2O2/c1-5-15(21-17(22)23-18(2,3)4)14-20-16-8-12-19(13-9-16)10-6-7-11-19/h15-16,20H,5-14H2,1-4H3,(H,21,22). The van der Waals surface area contributed by atoms with Crippen molar-refractivity contribution in [3.05, 3.63) is 0 Å². The molecule has 1 unspecified atom stereocenters. The van der Waals surface area contributed by atoms with Crippen LogP contribution in [0.3, 0.4) is 0 Å². The maximum absolute atomic E-state index is 11.9. The molecule has 4 heteroatoms. The van der Waals surface area contributed by atoms with Gasteiger partial charge in [0, 0.05) is 18.6 Å². The van der Waals surface area contributed by atoms with E-state index in [1.165, 1.54) is 51.4 Å². The van der Waals surface area contributed by atoms with Crippen molar-refractivity contribution in [1.82, 2.24) is 10.6 Å². The van der Waals surface area contributed by atoms with Gasteiger partial charge in [0.05, 0.1) is 0 Å². The summed E-state index contributed by atoms with van der Waals surface area (Å²) in [5.41, 5.74) is 0.256. The Kier molecular flexibility index (Phi) is 6.35. The number of alkyl carbamates (subject to hydrolysis) is 1. The van der Waals surface area contributed by atoms with Gasteiger partial charge in [0.25, 0.3) is 0 Å². The molecule has 2 rings (SSSR count). The predicted molar refractivity (Wildman–Crippen MR) is 94.6 cm³/mol. The summed E-state index contributed by atoms with van der Waals surface area (Å²) < 4.78 is 5.35.